The number of carbonyl (C=O) groups is 1. The van der Waals surface area contributed by atoms with Gasteiger partial charge in [0.1, 0.15) is 0 Å². The van der Waals surface area contributed by atoms with Gasteiger partial charge in [0, 0.05) is 18.3 Å². The Hall–Kier alpha value is -1.58. The van der Waals surface area contributed by atoms with Crippen molar-refractivity contribution in [3.63, 3.8) is 0 Å². The molecule has 0 aromatic carbocycles. The highest BCUT2D eigenvalue weighted by Gasteiger charge is 2.21. The first-order valence-corrected chi connectivity index (χ1v) is 5.30. The van der Waals surface area contributed by atoms with Gasteiger partial charge in [-0.3, -0.25) is 9.59 Å². The van der Waals surface area contributed by atoms with Crippen LogP contribution in [0.5, 0.6) is 0 Å². The first-order valence-electron chi connectivity index (χ1n) is 5.30. The van der Waals surface area contributed by atoms with Crippen LogP contribution in [0.2, 0.25) is 0 Å². The zero-order valence-corrected chi connectivity index (χ0v) is 10.1. The second kappa shape index (κ2) is 4.51. The summed E-state index contributed by atoms with van der Waals surface area (Å²) in [5.74, 6) is -0.168. The van der Waals surface area contributed by atoms with E-state index in [4.69, 9.17) is 0 Å². The average Bonchev–Trinajstić information content (AvgIpc) is 2.17. The molecule has 0 spiro atoms. The summed E-state index contributed by atoms with van der Waals surface area (Å²) in [7, 11) is 0. The molecule has 0 aliphatic carbocycles. The summed E-state index contributed by atoms with van der Waals surface area (Å²) in [5.41, 5.74) is 0.272. The summed E-state index contributed by atoms with van der Waals surface area (Å²) < 4.78 is 0. The van der Waals surface area contributed by atoms with Crippen LogP contribution in [0.1, 0.15) is 38.1 Å². The van der Waals surface area contributed by atoms with Gasteiger partial charge < -0.3 is 10.3 Å². The van der Waals surface area contributed by atoms with Crippen LogP contribution in [0.25, 0.3) is 0 Å². The molecule has 0 aliphatic heterocycles. The fourth-order valence-corrected chi connectivity index (χ4v) is 1.05. The highest BCUT2D eigenvalue weighted by molar-refractivity contribution is 5.94. The van der Waals surface area contributed by atoms with Gasteiger partial charge in [0.2, 0.25) is 5.56 Å². The van der Waals surface area contributed by atoms with E-state index in [0.717, 1.165) is 0 Å². The number of H-pyrrole nitrogens is 1. The Morgan fingerprint density at radius 3 is 2.44 bits per heavy atom. The molecule has 0 radical (unpaired) electrons. The largest absolute Gasteiger partial charge is 0.349 e. The molecule has 88 valence electrons. The summed E-state index contributed by atoms with van der Waals surface area (Å²) in [6.45, 7) is 8.14. The van der Waals surface area contributed by atoms with E-state index in [1.165, 1.54) is 18.3 Å². The molecular formula is C12H18N2O2. The maximum Gasteiger partial charge on any atom is 0.252 e. The monoisotopic (exact) mass is 222 g/mol. The molecule has 0 aliphatic rings. The number of carbonyl (C=O) groups excluding carboxylic acids is 1. The maximum atomic E-state index is 11.8. The Kier molecular flexibility index (Phi) is 3.52. The number of pyridine rings is 1. The zero-order valence-electron chi connectivity index (χ0n) is 10.1. The topological polar surface area (TPSA) is 62.0 Å². The summed E-state index contributed by atoms with van der Waals surface area (Å²) in [5, 5.41) is 2.89. The molecule has 1 atom stereocenters. The minimum atomic E-state index is -0.208. The van der Waals surface area contributed by atoms with Crippen molar-refractivity contribution in [1.82, 2.24) is 10.3 Å². The van der Waals surface area contributed by atoms with E-state index in [-0.39, 0.29) is 22.9 Å². The molecular weight excluding hydrogens is 204 g/mol. The molecule has 2 N–H and O–H groups in total. The smallest absolute Gasteiger partial charge is 0.252 e. The predicted molar refractivity (Wildman–Crippen MR) is 63.4 cm³/mol. The molecule has 1 rings (SSSR count). The second-order valence-corrected chi connectivity index (χ2v) is 5.00. The van der Waals surface area contributed by atoms with E-state index >= 15 is 0 Å². The van der Waals surface area contributed by atoms with E-state index in [1.54, 1.807) is 0 Å². The lowest BCUT2D eigenvalue weighted by Crippen LogP contribution is -2.41. The fourth-order valence-electron chi connectivity index (χ4n) is 1.05. The molecule has 0 fully saturated rings. The molecule has 1 heterocycles. The van der Waals surface area contributed by atoms with Gasteiger partial charge >= 0.3 is 0 Å². The molecule has 1 aromatic heterocycles. The molecule has 1 amide bonds. The molecule has 4 nitrogen and oxygen atoms in total. The van der Waals surface area contributed by atoms with Gasteiger partial charge in [-0.1, -0.05) is 20.8 Å². The Morgan fingerprint density at radius 1 is 1.38 bits per heavy atom. The van der Waals surface area contributed by atoms with Crippen LogP contribution in [0.4, 0.5) is 0 Å². The van der Waals surface area contributed by atoms with Gasteiger partial charge in [-0.2, -0.15) is 0 Å². The normalized spacial score (nSPS) is 13.2. The van der Waals surface area contributed by atoms with Crippen molar-refractivity contribution in [2.45, 2.75) is 33.7 Å². The van der Waals surface area contributed by atoms with Crippen LogP contribution in [-0.4, -0.2) is 16.9 Å². The van der Waals surface area contributed by atoms with Gasteiger partial charge in [-0.25, -0.2) is 0 Å². The lowest BCUT2D eigenvalue weighted by atomic mass is 9.88. The zero-order chi connectivity index (χ0) is 12.3. The Morgan fingerprint density at radius 2 is 2.00 bits per heavy atom. The van der Waals surface area contributed by atoms with E-state index in [2.05, 4.69) is 31.1 Å². The molecule has 1 unspecified atom stereocenters. The van der Waals surface area contributed by atoms with Crippen molar-refractivity contribution in [2.75, 3.05) is 0 Å². The molecule has 0 saturated heterocycles. The fraction of sp³-hybridized carbons (Fsp3) is 0.500. The quantitative estimate of drug-likeness (QED) is 0.797. The number of hydrogen-bond acceptors (Lipinski definition) is 2. The van der Waals surface area contributed by atoms with Gasteiger partial charge in [0.05, 0.1) is 5.56 Å². The molecule has 0 bridgehead atoms. The van der Waals surface area contributed by atoms with Crippen molar-refractivity contribution < 1.29 is 4.79 Å². The number of rotatable bonds is 2. The second-order valence-electron chi connectivity index (χ2n) is 5.00. The predicted octanol–water partition coefficient (Wildman–Crippen LogP) is 1.54. The van der Waals surface area contributed by atoms with Crippen LogP contribution in [0.3, 0.4) is 0 Å². The van der Waals surface area contributed by atoms with E-state index in [0.29, 0.717) is 5.56 Å². The first kappa shape index (κ1) is 12.5. The number of amides is 1. The van der Waals surface area contributed by atoms with Crippen LogP contribution in [0, 0.1) is 5.41 Å². The Bertz CT molecular complexity index is 409. The SMILES string of the molecule is CC(NC(=O)c1ccc(=O)[nH]c1)C(C)(C)C. The van der Waals surface area contributed by atoms with Crippen molar-refractivity contribution in [3.8, 4) is 0 Å². The van der Waals surface area contributed by atoms with E-state index in [9.17, 15) is 9.59 Å². The summed E-state index contributed by atoms with van der Waals surface area (Å²) in [4.78, 5) is 25.1. The minimum Gasteiger partial charge on any atom is -0.349 e. The van der Waals surface area contributed by atoms with Gasteiger partial charge in [-0.05, 0) is 18.4 Å². The van der Waals surface area contributed by atoms with Crippen molar-refractivity contribution in [2.24, 2.45) is 5.41 Å². The molecule has 0 saturated carbocycles. The maximum absolute atomic E-state index is 11.8. The van der Waals surface area contributed by atoms with Crippen molar-refractivity contribution >= 4 is 5.91 Å². The third-order valence-electron chi connectivity index (χ3n) is 2.69. The van der Waals surface area contributed by atoms with Crippen molar-refractivity contribution in [3.05, 3.63) is 34.2 Å². The first-order chi connectivity index (χ1) is 7.30. The third-order valence-corrected chi connectivity index (χ3v) is 2.69. The minimum absolute atomic E-state index is 0.0118. The van der Waals surface area contributed by atoms with Gasteiger partial charge in [0.15, 0.2) is 0 Å². The van der Waals surface area contributed by atoms with Crippen LogP contribution >= 0.6 is 0 Å². The Labute approximate surface area is 95.1 Å². The average molecular weight is 222 g/mol. The third kappa shape index (κ3) is 3.22. The summed E-state index contributed by atoms with van der Waals surface area (Å²) in [6.07, 6.45) is 1.42. The van der Waals surface area contributed by atoms with E-state index < -0.39 is 0 Å². The number of aromatic amines is 1. The number of hydrogen-bond donors (Lipinski definition) is 2. The van der Waals surface area contributed by atoms with Gasteiger partial charge in [0.25, 0.3) is 5.91 Å². The van der Waals surface area contributed by atoms with Crippen molar-refractivity contribution in [1.29, 1.82) is 0 Å². The molecule has 4 heteroatoms. The van der Waals surface area contributed by atoms with Crippen LogP contribution in [0.15, 0.2) is 23.1 Å². The Balaban J connectivity index is 2.73. The lowest BCUT2D eigenvalue weighted by molar-refractivity contribution is 0.0909. The van der Waals surface area contributed by atoms with Gasteiger partial charge in [-0.15, -0.1) is 0 Å². The lowest BCUT2D eigenvalue weighted by Gasteiger charge is -2.28. The standard InChI is InChI=1S/C12H18N2O2/c1-8(12(2,3)4)14-11(16)9-5-6-10(15)13-7-9/h5-8H,1-4H3,(H,13,15)(H,14,16). The summed E-state index contributed by atoms with van der Waals surface area (Å²) in [6, 6.07) is 2.92. The van der Waals surface area contributed by atoms with Crippen LogP contribution < -0.4 is 10.9 Å². The summed E-state index contributed by atoms with van der Waals surface area (Å²) >= 11 is 0. The molecule has 1 aromatic rings. The molecule has 16 heavy (non-hydrogen) atoms. The van der Waals surface area contributed by atoms with E-state index in [1.807, 2.05) is 6.92 Å². The highest BCUT2D eigenvalue weighted by atomic mass is 16.2. The number of aromatic nitrogens is 1. The van der Waals surface area contributed by atoms with Crippen LogP contribution in [-0.2, 0) is 0 Å². The highest BCUT2D eigenvalue weighted by Crippen LogP contribution is 2.18. The number of nitrogens with one attached hydrogen (secondary N) is 2.